The Kier molecular flexibility index (Phi) is 5.59. The van der Waals surface area contributed by atoms with Crippen LogP contribution < -0.4 is 0 Å². The van der Waals surface area contributed by atoms with Gasteiger partial charge in [0, 0.05) is 6.92 Å². The molecule has 2 atom stereocenters. The molecule has 4 nitrogen and oxygen atoms in total. The quantitative estimate of drug-likeness (QED) is 0.589. The number of ether oxygens (including phenoxy) is 2. The van der Waals surface area contributed by atoms with Crippen LogP contribution in [0.3, 0.4) is 0 Å². The van der Waals surface area contributed by atoms with Gasteiger partial charge >= 0.3 is 5.97 Å². The molecule has 1 aliphatic rings. The molecule has 1 aliphatic heterocycles. The summed E-state index contributed by atoms with van der Waals surface area (Å²) < 4.78 is 17.0. The normalized spacial score (nSPS) is 25.2. The van der Waals surface area contributed by atoms with E-state index in [0.717, 1.165) is 12.8 Å². The predicted octanol–water partition coefficient (Wildman–Crippen LogP) is 3.12. The fourth-order valence-electron chi connectivity index (χ4n) is 1.76. The molecule has 0 saturated carbocycles. The molecule has 0 N–H and O–H groups in total. The van der Waals surface area contributed by atoms with Gasteiger partial charge in [-0.2, -0.15) is 0 Å². The summed E-state index contributed by atoms with van der Waals surface area (Å²) >= 11 is 0. The summed E-state index contributed by atoms with van der Waals surface area (Å²) in [5, 5.41) is 0.224. The number of carbonyl (C=O) groups excluding carboxylic acids is 1. The van der Waals surface area contributed by atoms with E-state index >= 15 is 0 Å². The highest BCUT2D eigenvalue weighted by atomic mass is 28.4. The van der Waals surface area contributed by atoms with Crippen LogP contribution in [0, 0.1) is 0 Å². The van der Waals surface area contributed by atoms with Gasteiger partial charge in [0.25, 0.3) is 0 Å². The van der Waals surface area contributed by atoms with Crippen molar-refractivity contribution >= 4 is 14.3 Å². The molecule has 0 unspecified atom stereocenters. The molecular weight excluding hydrogens is 260 g/mol. The zero-order chi connectivity index (χ0) is 14.7. The molecule has 0 spiro atoms. The topological polar surface area (TPSA) is 44.8 Å². The second-order valence-corrected chi connectivity index (χ2v) is 11.6. The highest BCUT2D eigenvalue weighted by Crippen LogP contribution is 2.36. The lowest BCUT2D eigenvalue weighted by Crippen LogP contribution is -2.44. The van der Waals surface area contributed by atoms with Gasteiger partial charge in [-0.25, -0.2) is 0 Å². The Bertz CT molecular complexity index is 301. The summed E-state index contributed by atoms with van der Waals surface area (Å²) in [4.78, 5) is 10.9. The Morgan fingerprint density at radius 2 is 1.95 bits per heavy atom. The largest absolute Gasteiger partial charge is 0.460 e. The van der Waals surface area contributed by atoms with E-state index in [4.69, 9.17) is 13.9 Å². The van der Waals surface area contributed by atoms with E-state index in [2.05, 4.69) is 33.9 Å². The predicted molar refractivity (Wildman–Crippen MR) is 77.7 cm³/mol. The maximum Gasteiger partial charge on any atom is 0.302 e. The van der Waals surface area contributed by atoms with Crippen molar-refractivity contribution in [1.82, 2.24) is 0 Å². The summed E-state index contributed by atoms with van der Waals surface area (Å²) in [7, 11) is -1.70. The van der Waals surface area contributed by atoms with Crippen molar-refractivity contribution in [2.24, 2.45) is 0 Å². The first-order chi connectivity index (χ1) is 8.62. The monoisotopic (exact) mass is 288 g/mol. The van der Waals surface area contributed by atoms with Crippen molar-refractivity contribution in [3.63, 3.8) is 0 Å². The first-order valence-electron chi connectivity index (χ1n) is 7.04. The second-order valence-electron chi connectivity index (χ2n) is 6.84. The molecule has 0 aromatic rings. The minimum atomic E-state index is -1.70. The van der Waals surface area contributed by atoms with Crippen LogP contribution in [0.4, 0.5) is 0 Å². The molecule has 0 radical (unpaired) electrons. The van der Waals surface area contributed by atoms with Crippen LogP contribution in [0.1, 0.15) is 40.5 Å². The Balaban J connectivity index is 2.32. The van der Waals surface area contributed by atoms with Crippen LogP contribution in [-0.2, 0) is 18.7 Å². The third-order valence-electron chi connectivity index (χ3n) is 4.10. The van der Waals surface area contributed by atoms with Gasteiger partial charge in [-0.1, -0.05) is 20.8 Å². The molecule has 1 heterocycles. The van der Waals surface area contributed by atoms with Gasteiger partial charge in [-0.15, -0.1) is 0 Å². The number of hydrogen-bond acceptors (Lipinski definition) is 4. The molecule has 0 aromatic carbocycles. The van der Waals surface area contributed by atoms with E-state index < -0.39 is 8.32 Å². The van der Waals surface area contributed by atoms with Crippen LogP contribution in [0.15, 0.2) is 0 Å². The minimum absolute atomic E-state index is 0.0818. The van der Waals surface area contributed by atoms with Crippen LogP contribution in [0.5, 0.6) is 0 Å². The number of carbonyl (C=O) groups is 1. The van der Waals surface area contributed by atoms with Crippen LogP contribution in [0.2, 0.25) is 18.1 Å². The highest BCUT2D eigenvalue weighted by Gasteiger charge is 2.38. The zero-order valence-corrected chi connectivity index (χ0v) is 14.1. The third kappa shape index (κ3) is 5.24. The van der Waals surface area contributed by atoms with Gasteiger partial charge in [-0.3, -0.25) is 4.79 Å². The van der Waals surface area contributed by atoms with Gasteiger partial charge < -0.3 is 13.9 Å². The van der Waals surface area contributed by atoms with Crippen molar-refractivity contribution in [1.29, 1.82) is 0 Å². The fourth-order valence-corrected chi connectivity index (χ4v) is 2.79. The SMILES string of the molecule is CC(=O)O[C@@H]1CC[C@@H](CO[Si](C)(C)C(C)(C)C)OC1. The molecule has 0 aromatic heterocycles. The lowest BCUT2D eigenvalue weighted by molar-refractivity contribution is -0.157. The van der Waals surface area contributed by atoms with Crippen molar-refractivity contribution in [2.45, 2.75) is 70.9 Å². The number of hydrogen-bond donors (Lipinski definition) is 0. The zero-order valence-electron chi connectivity index (χ0n) is 13.1. The standard InChI is InChI=1S/C14H28O4Si/c1-11(15)18-13-8-7-12(16-9-13)10-17-19(5,6)14(2,3)4/h12-13H,7-10H2,1-6H3/t12-,13+/m0/s1. The minimum Gasteiger partial charge on any atom is -0.460 e. The fraction of sp³-hybridized carbons (Fsp3) is 0.929. The van der Waals surface area contributed by atoms with Crippen molar-refractivity contribution in [3.8, 4) is 0 Å². The molecule has 1 rings (SSSR count). The maximum atomic E-state index is 10.9. The maximum absolute atomic E-state index is 10.9. The molecule has 0 bridgehead atoms. The summed E-state index contributed by atoms with van der Waals surface area (Å²) in [6, 6.07) is 0. The van der Waals surface area contributed by atoms with E-state index in [9.17, 15) is 4.79 Å². The molecule has 0 amide bonds. The number of esters is 1. The van der Waals surface area contributed by atoms with E-state index in [0.29, 0.717) is 13.2 Å². The highest BCUT2D eigenvalue weighted by molar-refractivity contribution is 6.74. The summed E-state index contributed by atoms with van der Waals surface area (Å²) in [6.07, 6.45) is 1.82. The molecule has 0 aliphatic carbocycles. The lowest BCUT2D eigenvalue weighted by atomic mass is 10.1. The van der Waals surface area contributed by atoms with E-state index in [1.165, 1.54) is 6.92 Å². The van der Waals surface area contributed by atoms with Gasteiger partial charge in [0.2, 0.25) is 0 Å². The van der Waals surface area contributed by atoms with Crippen molar-refractivity contribution < 1.29 is 18.7 Å². The van der Waals surface area contributed by atoms with Crippen LogP contribution in [-0.4, -0.2) is 39.7 Å². The van der Waals surface area contributed by atoms with E-state index in [-0.39, 0.29) is 23.2 Å². The molecule has 112 valence electrons. The smallest absolute Gasteiger partial charge is 0.302 e. The van der Waals surface area contributed by atoms with Gasteiger partial charge in [0.15, 0.2) is 8.32 Å². The van der Waals surface area contributed by atoms with Crippen molar-refractivity contribution in [3.05, 3.63) is 0 Å². The molecule has 19 heavy (non-hydrogen) atoms. The molecule has 1 fully saturated rings. The molecule has 1 saturated heterocycles. The van der Waals surface area contributed by atoms with E-state index in [1.54, 1.807) is 0 Å². The average Bonchev–Trinajstić information content (AvgIpc) is 2.26. The first kappa shape index (κ1) is 16.7. The Morgan fingerprint density at radius 1 is 1.32 bits per heavy atom. The summed E-state index contributed by atoms with van der Waals surface area (Å²) in [5.74, 6) is -0.232. The van der Waals surface area contributed by atoms with E-state index in [1.807, 2.05) is 0 Å². The average molecular weight is 288 g/mol. The third-order valence-corrected chi connectivity index (χ3v) is 8.60. The van der Waals surface area contributed by atoms with Crippen LogP contribution >= 0.6 is 0 Å². The first-order valence-corrected chi connectivity index (χ1v) is 9.95. The Morgan fingerprint density at radius 3 is 2.37 bits per heavy atom. The second kappa shape index (κ2) is 6.37. The van der Waals surface area contributed by atoms with Crippen LogP contribution in [0.25, 0.3) is 0 Å². The molecule has 5 heteroatoms. The summed E-state index contributed by atoms with van der Waals surface area (Å²) in [6.45, 7) is 13.8. The lowest BCUT2D eigenvalue weighted by Gasteiger charge is -2.38. The van der Waals surface area contributed by atoms with Gasteiger partial charge in [0.1, 0.15) is 6.10 Å². The summed E-state index contributed by atoms with van der Waals surface area (Å²) in [5.41, 5.74) is 0. The Labute approximate surface area is 117 Å². The van der Waals surface area contributed by atoms with Gasteiger partial charge in [0.05, 0.1) is 19.3 Å². The van der Waals surface area contributed by atoms with Crippen molar-refractivity contribution in [2.75, 3.05) is 13.2 Å². The number of rotatable bonds is 4. The van der Waals surface area contributed by atoms with Gasteiger partial charge in [-0.05, 0) is 31.0 Å². The molecular formula is C14H28O4Si. The Hall–Kier alpha value is -0.393.